The van der Waals surface area contributed by atoms with Crippen molar-refractivity contribution in [1.82, 2.24) is 9.38 Å². The number of pyridine rings is 1. The second-order valence-corrected chi connectivity index (χ2v) is 10.9. The Morgan fingerprint density at radius 1 is 0.366 bits per heavy atom. The maximum Gasteiger partial charge on any atom is 0.146 e. The lowest BCUT2D eigenvalue weighted by atomic mass is 9.95. The fourth-order valence-corrected chi connectivity index (χ4v) is 6.46. The highest BCUT2D eigenvalue weighted by Crippen LogP contribution is 2.36. The number of nitrogens with zero attached hydrogens (tertiary/aromatic N) is 2. The molecule has 0 unspecified atom stereocenters. The van der Waals surface area contributed by atoms with Crippen LogP contribution in [0.5, 0.6) is 0 Å². The number of hydrogen-bond donors (Lipinski definition) is 0. The summed E-state index contributed by atoms with van der Waals surface area (Å²) in [6.07, 6.45) is 0. The van der Waals surface area contributed by atoms with Gasteiger partial charge < -0.3 is 0 Å². The number of benzene rings is 7. The number of imidazole rings is 1. The molecule has 0 fully saturated rings. The van der Waals surface area contributed by atoms with Crippen LogP contribution in [0.3, 0.4) is 0 Å². The molecule has 0 saturated carbocycles. The van der Waals surface area contributed by atoms with Gasteiger partial charge in [0.15, 0.2) is 0 Å². The average Bonchev–Trinajstić information content (AvgIpc) is 3.44. The molecule has 0 spiro atoms. The van der Waals surface area contributed by atoms with Crippen molar-refractivity contribution < 1.29 is 0 Å². The van der Waals surface area contributed by atoms with Crippen molar-refractivity contribution in [2.24, 2.45) is 0 Å². The van der Waals surface area contributed by atoms with Crippen LogP contribution in [0.15, 0.2) is 146 Å². The summed E-state index contributed by atoms with van der Waals surface area (Å²) in [6.45, 7) is 0. The van der Waals surface area contributed by atoms with Gasteiger partial charge in [-0.3, -0.25) is 4.40 Å². The fourth-order valence-electron chi connectivity index (χ4n) is 6.46. The molecule has 0 aliphatic rings. The Morgan fingerprint density at radius 3 is 1.66 bits per heavy atom. The van der Waals surface area contributed by atoms with E-state index in [1.807, 2.05) is 0 Å². The highest BCUT2D eigenvalue weighted by Gasteiger charge is 2.14. The molecule has 0 bridgehead atoms. The van der Waals surface area contributed by atoms with E-state index >= 15 is 0 Å². The van der Waals surface area contributed by atoms with Crippen molar-refractivity contribution in [3.8, 4) is 22.3 Å². The van der Waals surface area contributed by atoms with Gasteiger partial charge in [0.1, 0.15) is 5.65 Å². The zero-order chi connectivity index (χ0) is 26.9. The minimum absolute atomic E-state index is 1.01. The van der Waals surface area contributed by atoms with E-state index in [-0.39, 0.29) is 0 Å². The van der Waals surface area contributed by atoms with E-state index in [2.05, 4.69) is 150 Å². The summed E-state index contributed by atoms with van der Waals surface area (Å²) in [4.78, 5) is 5.01. The Bertz CT molecular complexity index is 2480. The van der Waals surface area contributed by atoms with Crippen molar-refractivity contribution in [3.05, 3.63) is 146 Å². The molecule has 0 saturated heterocycles. The lowest BCUT2D eigenvalue weighted by Gasteiger charge is -2.12. The SMILES string of the molecule is c1ccc2cc(-c3ccc4cc(-c5ccc6c(c5)c5ccccc5c5nc7ccccc7n65)ccc4c3)ccc2c1. The molecule has 2 heterocycles. The van der Waals surface area contributed by atoms with Gasteiger partial charge in [-0.05, 0) is 91.6 Å². The second-order valence-electron chi connectivity index (χ2n) is 10.9. The van der Waals surface area contributed by atoms with E-state index in [1.54, 1.807) is 0 Å². The van der Waals surface area contributed by atoms with Gasteiger partial charge in [-0.1, -0.05) is 103 Å². The largest absolute Gasteiger partial charge is 0.292 e. The smallest absolute Gasteiger partial charge is 0.146 e. The van der Waals surface area contributed by atoms with Crippen molar-refractivity contribution >= 4 is 59.9 Å². The zero-order valence-corrected chi connectivity index (χ0v) is 22.3. The highest BCUT2D eigenvalue weighted by atomic mass is 15.0. The van der Waals surface area contributed by atoms with Crippen LogP contribution in [0.25, 0.3) is 82.2 Å². The first kappa shape index (κ1) is 22.4. The summed E-state index contributed by atoms with van der Waals surface area (Å²) >= 11 is 0. The van der Waals surface area contributed by atoms with Crippen molar-refractivity contribution in [2.45, 2.75) is 0 Å². The van der Waals surface area contributed by atoms with Crippen molar-refractivity contribution in [2.75, 3.05) is 0 Å². The molecule has 7 aromatic carbocycles. The Kier molecular flexibility index (Phi) is 4.64. The van der Waals surface area contributed by atoms with Crippen LogP contribution in [0.2, 0.25) is 0 Å². The van der Waals surface area contributed by atoms with Crippen LogP contribution in [0.1, 0.15) is 0 Å². The van der Waals surface area contributed by atoms with Gasteiger partial charge in [-0.25, -0.2) is 4.98 Å². The number of hydrogen-bond acceptors (Lipinski definition) is 1. The Morgan fingerprint density at radius 2 is 0.902 bits per heavy atom. The lowest BCUT2D eigenvalue weighted by molar-refractivity contribution is 1.31. The normalized spacial score (nSPS) is 11.9. The molecule has 2 aromatic heterocycles. The zero-order valence-electron chi connectivity index (χ0n) is 22.3. The summed E-state index contributed by atoms with van der Waals surface area (Å²) in [5, 5.41) is 8.67. The van der Waals surface area contributed by atoms with Crippen molar-refractivity contribution in [1.29, 1.82) is 0 Å². The Balaban J connectivity index is 1.20. The van der Waals surface area contributed by atoms with Gasteiger partial charge >= 0.3 is 0 Å². The van der Waals surface area contributed by atoms with Crippen molar-refractivity contribution in [3.63, 3.8) is 0 Å². The number of rotatable bonds is 2. The molecule has 2 nitrogen and oxygen atoms in total. The quantitative estimate of drug-likeness (QED) is 0.207. The van der Waals surface area contributed by atoms with Gasteiger partial charge in [0, 0.05) is 10.8 Å². The summed E-state index contributed by atoms with van der Waals surface area (Å²) in [5.41, 5.74) is 9.27. The van der Waals surface area contributed by atoms with Crippen LogP contribution in [-0.2, 0) is 0 Å². The summed E-state index contributed by atoms with van der Waals surface area (Å²) in [6, 6.07) is 52.7. The third-order valence-electron chi connectivity index (χ3n) is 8.51. The predicted molar refractivity (Wildman–Crippen MR) is 174 cm³/mol. The van der Waals surface area contributed by atoms with Crippen LogP contribution in [0, 0.1) is 0 Å². The highest BCUT2D eigenvalue weighted by molar-refractivity contribution is 6.14. The maximum absolute atomic E-state index is 5.01. The molecule has 0 aliphatic carbocycles. The molecule has 0 amide bonds. The van der Waals surface area contributed by atoms with E-state index in [0.29, 0.717) is 0 Å². The molecule has 9 aromatic rings. The molecule has 41 heavy (non-hydrogen) atoms. The molecule has 190 valence electrons. The van der Waals surface area contributed by atoms with E-state index in [4.69, 9.17) is 4.98 Å². The molecule has 0 N–H and O–H groups in total. The monoisotopic (exact) mass is 520 g/mol. The van der Waals surface area contributed by atoms with Crippen LogP contribution >= 0.6 is 0 Å². The minimum atomic E-state index is 1.01. The van der Waals surface area contributed by atoms with Crippen LogP contribution in [0.4, 0.5) is 0 Å². The molecule has 0 aliphatic heterocycles. The first-order chi connectivity index (χ1) is 20.3. The van der Waals surface area contributed by atoms with Crippen LogP contribution < -0.4 is 0 Å². The lowest BCUT2D eigenvalue weighted by Crippen LogP contribution is -1.92. The van der Waals surface area contributed by atoms with Gasteiger partial charge in [-0.15, -0.1) is 0 Å². The number of fused-ring (bicyclic) bond motifs is 10. The minimum Gasteiger partial charge on any atom is -0.292 e. The van der Waals surface area contributed by atoms with E-state index < -0.39 is 0 Å². The number of aromatic nitrogens is 2. The van der Waals surface area contributed by atoms with Gasteiger partial charge in [0.25, 0.3) is 0 Å². The maximum atomic E-state index is 5.01. The molecule has 0 radical (unpaired) electrons. The molecule has 9 rings (SSSR count). The van der Waals surface area contributed by atoms with E-state index in [1.165, 1.54) is 65.5 Å². The third-order valence-corrected chi connectivity index (χ3v) is 8.51. The number of para-hydroxylation sites is 2. The van der Waals surface area contributed by atoms with Gasteiger partial charge in [-0.2, -0.15) is 0 Å². The third kappa shape index (κ3) is 3.41. The summed E-state index contributed by atoms with van der Waals surface area (Å²) < 4.78 is 2.31. The first-order valence-corrected chi connectivity index (χ1v) is 14.1. The molecule has 2 heteroatoms. The molecule has 0 atom stereocenters. The summed E-state index contributed by atoms with van der Waals surface area (Å²) in [7, 11) is 0. The Hall–Kier alpha value is -5.47. The second kappa shape index (κ2) is 8.51. The topological polar surface area (TPSA) is 17.3 Å². The standard InChI is InChI=1S/C39H24N2/c1-2-8-26-21-27(14-13-25(26)7-1)28-15-16-30-23-31(18-17-29(30)22-28)32-19-20-37-35(24-32)33-9-3-4-10-34(33)39-40-36-11-5-6-12-38(36)41(37)39/h1-24H. The van der Waals surface area contributed by atoms with Gasteiger partial charge in [0.2, 0.25) is 0 Å². The van der Waals surface area contributed by atoms with E-state index in [9.17, 15) is 0 Å². The Labute approximate surface area is 236 Å². The van der Waals surface area contributed by atoms with E-state index in [0.717, 1.165) is 16.7 Å². The fraction of sp³-hybridized carbons (Fsp3) is 0. The molecular formula is C39H24N2. The summed E-state index contributed by atoms with van der Waals surface area (Å²) in [5.74, 6) is 0. The van der Waals surface area contributed by atoms with Crippen LogP contribution in [-0.4, -0.2) is 9.38 Å². The first-order valence-electron chi connectivity index (χ1n) is 14.1. The average molecular weight is 521 g/mol. The molecular weight excluding hydrogens is 496 g/mol. The predicted octanol–water partition coefficient (Wildman–Crippen LogP) is 10.4. The van der Waals surface area contributed by atoms with Gasteiger partial charge in [0.05, 0.1) is 16.6 Å².